The molecule has 5 aromatic rings. The summed E-state index contributed by atoms with van der Waals surface area (Å²) < 4.78 is 12.8. The van der Waals surface area contributed by atoms with Gasteiger partial charge in [0, 0.05) is 34.7 Å². The van der Waals surface area contributed by atoms with Crippen LogP contribution in [0.25, 0.3) is 21.9 Å². The molecule has 1 aliphatic heterocycles. The van der Waals surface area contributed by atoms with E-state index in [1.807, 2.05) is 24.3 Å². The van der Waals surface area contributed by atoms with Crippen molar-refractivity contribution in [2.75, 3.05) is 0 Å². The summed E-state index contributed by atoms with van der Waals surface area (Å²) in [5.41, 5.74) is 4.77. The summed E-state index contributed by atoms with van der Waals surface area (Å²) in [6.45, 7) is 0. The summed E-state index contributed by atoms with van der Waals surface area (Å²) in [4.78, 5) is 0. The number of phenolic OH excluding ortho intramolecular Hbond substituents is 4. The Hall–Kier alpha value is -4.16. The van der Waals surface area contributed by atoms with Crippen molar-refractivity contribution in [3.8, 4) is 23.0 Å². The number of benzene rings is 4. The van der Waals surface area contributed by atoms with E-state index in [0.29, 0.717) is 11.2 Å². The molecule has 168 valence electrons. The molecule has 0 spiro atoms. The van der Waals surface area contributed by atoms with E-state index in [1.165, 1.54) is 0 Å². The van der Waals surface area contributed by atoms with Crippen LogP contribution in [0.15, 0.2) is 77.2 Å². The molecule has 1 saturated heterocycles. The van der Waals surface area contributed by atoms with Crippen LogP contribution in [-0.4, -0.2) is 20.4 Å². The van der Waals surface area contributed by atoms with Gasteiger partial charge in [-0.05, 0) is 58.7 Å². The Kier molecular flexibility index (Phi) is 3.80. The van der Waals surface area contributed by atoms with Crippen LogP contribution in [0.4, 0.5) is 0 Å². The van der Waals surface area contributed by atoms with Gasteiger partial charge in [0.1, 0.15) is 34.2 Å². The molecule has 4 N–H and O–H groups in total. The average molecular weight is 452 g/mol. The second kappa shape index (κ2) is 6.68. The molecular weight excluding hydrogens is 432 g/mol. The SMILES string of the molecule is Oc1ccc([C@H]2O[C@@H](c3ccc(O)cc3)[C@@H]3c4cc(O)cc5oc6cc(O)cc(c6c45)[C@@H]32)cc1. The van der Waals surface area contributed by atoms with Gasteiger partial charge in [0.15, 0.2) is 0 Å². The Morgan fingerprint density at radius 2 is 0.912 bits per heavy atom. The van der Waals surface area contributed by atoms with Crippen LogP contribution >= 0.6 is 0 Å². The summed E-state index contributed by atoms with van der Waals surface area (Å²) in [6, 6.07) is 20.7. The summed E-state index contributed by atoms with van der Waals surface area (Å²) >= 11 is 0. The number of furan rings is 1. The van der Waals surface area contributed by atoms with E-state index in [-0.39, 0.29) is 47.0 Å². The van der Waals surface area contributed by atoms with Crippen molar-refractivity contribution in [3.63, 3.8) is 0 Å². The normalized spacial score (nSPS) is 23.1. The first-order chi connectivity index (χ1) is 16.5. The predicted molar refractivity (Wildman–Crippen MR) is 125 cm³/mol. The number of fused-ring (bicyclic) bond motifs is 3. The van der Waals surface area contributed by atoms with Crippen LogP contribution in [0.5, 0.6) is 23.0 Å². The highest BCUT2D eigenvalue weighted by Gasteiger charge is 2.51. The van der Waals surface area contributed by atoms with Gasteiger partial charge in [-0.25, -0.2) is 0 Å². The summed E-state index contributed by atoms with van der Waals surface area (Å²) in [5.74, 6) is 0.171. The van der Waals surface area contributed by atoms with Gasteiger partial charge in [-0.2, -0.15) is 0 Å². The largest absolute Gasteiger partial charge is 0.508 e. The van der Waals surface area contributed by atoms with Gasteiger partial charge < -0.3 is 29.6 Å². The average Bonchev–Trinajstić information content (AvgIpc) is 3.38. The predicted octanol–water partition coefficient (Wildman–Crippen LogP) is 6.10. The Morgan fingerprint density at radius 1 is 0.500 bits per heavy atom. The number of rotatable bonds is 2. The minimum atomic E-state index is -0.380. The molecule has 4 atom stereocenters. The molecule has 4 aromatic carbocycles. The van der Waals surface area contributed by atoms with Crippen LogP contribution in [-0.2, 0) is 4.74 Å². The lowest BCUT2D eigenvalue weighted by Gasteiger charge is -2.30. The highest BCUT2D eigenvalue weighted by molar-refractivity contribution is 6.11. The van der Waals surface area contributed by atoms with Gasteiger partial charge in [0.25, 0.3) is 0 Å². The molecule has 34 heavy (non-hydrogen) atoms. The number of ether oxygens (including phenoxy) is 1. The van der Waals surface area contributed by atoms with E-state index in [9.17, 15) is 20.4 Å². The van der Waals surface area contributed by atoms with E-state index in [1.54, 1.807) is 48.5 Å². The second-order valence-electron chi connectivity index (χ2n) is 9.13. The summed E-state index contributed by atoms with van der Waals surface area (Å²) in [5, 5.41) is 42.6. The maximum Gasteiger partial charge on any atom is 0.139 e. The van der Waals surface area contributed by atoms with E-state index in [2.05, 4.69) is 0 Å². The molecule has 2 heterocycles. The van der Waals surface area contributed by atoms with Crippen molar-refractivity contribution in [2.24, 2.45) is 0 Å². The van der Waals surface area contributed by atoms with Crippen molar-refractivity contribution < 1.29 is 29.6 Å². The summed E-state index contributed by atoms with van der Waals surface area (Å²) in [6.07, 6.45) is -0.760. The zero-order chi connectivity index (χ0) is 23.1. The molecule has 0 bridgehead atoms. The quantitative estimate of drug-likeness (QED) is 0.258. The maximum absolute atomic E-state index is 10.6. The molecule has 1 aromatic heterocycles. The van der Waals surface area contributed by atoms with Crippen LogP contribution in [0.2, 0.25) is 0 Å². The first-order valence-corrected chi connectivity index (χ1v) is 11.1. The van der Waals surface area contributed by atoms with Crippen molar-refractivity contribution in [2.45, 2.75) is 24.0 Å². The Labute approximate surface area is 193 Å². The summed E-state index contributed by atoms with van der Waals surface area (Å²) in [7, 11) is 0. The number of hydrogen-bond donors (Lipinski definition) is 4. The van der Waals surface area contributed by atoms with Gasteiger partial charge >= 0.3 is 0 Å². The van der Waals surface area contributed by atoms with E-state index in [4.69, 9.17) is 9.15 Å². The van der Waals surface area contributed by atoms with Gasteiger partial charge in [0.05, 0.1) is 12.2 Å². The lowest BCUT2D eigenvalue weighted by atomic mass is 9.70. The third-order valence-corrected chi connectivity index (χ3v) is 7.20. The lowest BCUT2D eigenvalue weighted by Crippen LogP contribution is -2.17. The van der Waals surface area contributed by atoms with Crippen LogP contribution in [0.1, 0.15) is 46.3 Å². The first-order valence-electron chi connectivity index (χ1n) is 11.1. The zero-order valence-corrected chi connectivity index (χ0v) is 17.8. The van der Waals surface area contributed by atoms with E-state index in [0.717, 1.165) is 33.0 Å². The zero-order valence-electron chi connectivity index (χ0n) is 17.8. The van der Waals surface area contributed by atoms with Crippen molar-refractivity contribution in [1.29, 1.82) is 0 Å². The third-order valence-electron chi connectivity index (χ3n) is 7.20. The van der Waals surface area contributed by atoms with Crippen LogP contribution < -0.4 is 0 Å². The molecule has 0 unspecified atom stereocenters. The molecular formula is C28H20O6. The van der Waals surface area contributed by atoms with Gasteiger partial charge in [-0.15, -0.1) is 0 Å². The third kappa shape index (κ3) is 2.60. The molecule has 7 rings (SSSR count). The van der Waals surface area contributed by atoms with E-state index < -0.39 is 0 Å². The van der Waals surface area contributed by atoms with Gasteiger partial charge in [-0.3, -0.25) is 0 Å². The van der Waals surface area contributed by atoms with Crippen molar-refractivity contribution >= 4 is 21.9 Å². The Bertz CT molecular complexity index is 1460. The van der Waals surface area contributed by atoms with Gasteiger partial charge in [-0.1, -0.05) is 24.3 Å². The molecule has 6 heteroatoms. The fraction of sp³-hybridized carbons (Fsp3) is 0.143. The number of aromatic hydroxyl groups is 4. The first kappa shape index (κ1) is 19.3. The standard InChI is InChI=1S/C28H20O6/c29-15-5-1-13(2-6-15)27-25-19-9-17(31)11-21-23(19)24-20(10-18(32)12-22(24)33-21)26(25)28(34-27)14-3-7-16(30)8-4-14/h1-12,25-32H/t25-,26+,27+,28-. The van der Waals surface area contributed by atoms with Crippen molar-refractivity contribution in [1.82, 2.24) is 0 Å². The number of hydrogen-bond acceptors (Lipinski definition) is 6. The second-order valence-corrected chi connectivity index (χ2v) is 9.13. The number of phenols is 4. The monoisotopic (exact) mass is 452 g/mol. The lowest BCUT2D eigenvalue weighted by molar-refractivity contribution is 0.0369. The molecule has 0 saturated carbocycles. The Morgan fingerprint density at radius 3 is 1.32 bits per heavy atom. The van der Waals surface area contributed by atoms with Crippen LogP contribution in [0.3, 0.4) is 0 Å². The van der Waals surface area contributed by atoms with Crippen LogP contribution in [0, 0.1) is 0 Å². The molecule has 1 aliphatic carbocycles. The minimum Gasteiger partial charge on any atom is -0.508 e. The van der Waals surface area contributed by atoms with Gasteiger partial charge in [0.2, 0.25) is 0 Å². The van der Waals surface area contributed by atoms with Crippen molar-refractivity contribution in [3.05, 3.63) is 95.1 Å². The highest BCUT2D eigenvalue weighted by Crippen LogP contribution is 2.64. The molecule has 0 radical (unpaired) electrons. The smallest absolute Gasteiger partial charge is 0.139 e. The molecule has 6 nitrogen and oxygen atoms in total. The fourth-order valence-corrected chi connectivity index (χ4v) is 5.90. The highest BCUT2D eigenvalue weighted by atomic mass is 16.5. The van der Waals surface area contributed by atoms with E-state index >= 15 is 0 Å². The minimum absolute atomic E-state index is 0.102. The fourth-order valence-electron chi connectivity index (χ4n) is 5.90. The molecule has 1 fully saturated rings. The maximum atomic E-state index is 10.6. The topological polar surface area (TPSA) is 103 Å². The molecule has 2 aliphatic rings. The Balaban J connectivity index is 1.54. The molecule has 0 amide bonds.